The number of pyridine rings is 1. The van der Waals surface area contributed by atoms with Crippen molar-refractivity contribution in [2.75, 3.05) is 37.3 Å². The van der Waals surface area contributed by atoms with Crippen LogP contribution in [-0.2, 0) is 10.0 Å². The van der Waals surface area contributed by atoms with Crippen LogP contribution < -0.4 is 4.90 Å². The van der Waals surface area contributed by atoms with Crippen molar-refractivity contribution in [3.8, 4) is 5.82 Å². The first-order chi connectivity index (χ1) is 10.9. The van der Waals surface area contributed by atoms with Crippen molar-refractivity contribution in [1.29, 1.82) is 0 Å². The minimum Gasteiger partial charge on any atom is -0.366 e. The van der Waals surface area contributed by atoms with Crippen LogP contribution in [-0.4, -0.2) is 59.9 Å². The predicted molar refractivity (Wildman–Crippen MR) is 89.5 cm³/mol. The second-order valence-electron chi connectivity index (χ2n) is 5.77. The summed E-state index contributed by atoms with van der Waals surface area (Å²) in [5, 5.41) is 4.60. The fourth-order valence-corrected chi connectivity index (χ4v) is 3.86. The largest absolute Gasteiger partial charge is 0.366 e. The summed E-state index contributed by atoms with van der Waals surface area (Å²) < 4.78 is 26.6. The fourth-order valence-electron chi connectivity index (χ4n) is 3.04. The third kappa shape index (κ3) is 3.09. The van der Waals surface area contributed by atoms with Crippen LogP contribution in [0.25, 0.3) is 5.82 Å². The van der Waals surface area contributed by atoms with Crippen molar-refractivity contribution in [3.63, 3.8) is 0 Å². The number of piperazine rings is 1. The number of aryl methyl sites for hydroxylation is 1. The van der Waals surface area contributed by atoms with Gasteiger partial charge in [-0.25, -0.2) is 18.1 Å². The van der Waals surface area contributed by atoms with Crippen LogP contribution in [0.1, 0.15) is 11.4 Å². The van der Waals surface area contributed by atoms with Crippen molar-refractivity contribution >= 4 is 15.7 Å². The van der Waals surface area contributed by atoms with E-state index in [0.717, 1.165) is 22.9 Å². The summed E-state index contributed by atoms with van der Waals surface area (Å²) in [4.78, 5) is 6.56. The molecule has 3 rings (SSSR count). The Hall–Kier alpha value is -1.93. The van der Waals surface area contributed by atoms with E-state index in [0.29, 0.717) is 26.2 Å². The zero-order valence-electron chi connectivity index (χ0n) is 13.6. The molecule has 0 N–H and O–H groups in total. The van der Waals surface area contributed by atoms with Gasteiger partial charge in [0, 0.05) is 32.4 Å². The Morgan fingerprint density at radius 3 is 2.35 bits per heavy atom. The van der Waals surface area contributed by atoms with Crippen molar-refractivity contribution < 1.29 is 8.42 Å². The zero-order valence-corrected chi connectivity index (χ0v) is 14.4. The first-order valence-electron chi connectivity index (χ1n) is 7.55. The molecule has 124 valence electrons. The normalized spacial score (nSPS) is 16.7. The summed E-state index contributed by atoms with van der Waals surface area (Å²) in [5.74, 6) is 0.786. The van der Waals surface area contributed by atoms with E-state index in [1.54, 1.807) is 6.20 Å². The van der Waals surface area contributed by atoms with Gasteiger partial charge < -0.3 is 4.90 Å². The molecule has 7 nitrogen and oxygen atoms in total. The minimum atomic E-state index is -3.11. The lowest BCUT2D eigenvalue weighted by Crippen LogP contribution is -2.48. The van der Waals surface area contributed by atoms with Gasteiger partial charge in [0.2, 0.25) is 10.0 Å². The van der Waals surface area contributed by atoms with E-state index < -0.39 is 10.0 Å². The van der Waals surface area contributed by atoms with Gasteiger partial charge in [-0.2, -0.15) is 9.40 Å². The van der Waals surface area contributed by atoms with E-state index in [1.807, 2.05) is 36.7 Å². The summed E-state index contributed by atoms with van der Waals surface area (Å²) in [7, 11) is -3.11. The first-order valence-corrected chi connectivity index (χ1v) is 9.40. The molecule has 0 spiro atoms. The van der Waals surface area contributed by atoms with Gasteiger partial charge in [0.25, 0.3) is 0 Å². The van der Waals surface area contributed by atoms with Crippen molar-refractivity contribution in [1.82, 2.24) is 19.1 Å². The van der Waals surface area contributed by atoms with Gasteiger partial charge in [0.05, 0.1) is 23.3 Å². The maximum Gasteiger partial charge on any atom is 0.211 e. The van der Waals surface area contributed by atoms with Gasteiger partial charge in [0.15, 0.2) is 5.82 Å². The molecule has 0 radical (unpaired) electrons. The Morgan fingerprint density at radius 1 is 1.09 bits per heavy atom. The number of sulfonamides is 1. The quantitative estimate of drug-likeness (QED) is 0.836. The molecule has 1 fully saturated rings. The number of nitrogens with zero attached hydrogens (tertiary/aromatic N) is 5. The van der Waals surface area contributed by atoms with E-state index in [1.165, 1.54) is 10.6 Å². The van der Waals surface area contributed by atoms with Crippen LogP contribution >= 0.6 is 0 Å². The SMILES string of the molecule is Cc1nn(-c2ccccn2)c(C)c1N1CCN(S(C)(=O)=O)CC1. The molecule has 0 amide bonds. The third-order valence-corrected chi connectivity index (χ3v) is 5.45. The highest BCUT2D eigenvalue weighted by Gasteiger charge is 2.27. The minimum absolute atomic E-state index is 0.506. The van der Waals surface area contributed by atoms with E-state index >= 15 is 0 Å². The molecule has 0 bridgehead atoms. The van der Waals surface area contributed by atoms with Crippen molar-refractivity contribution in [3.05, 3.63) is 35.8 Å². The van der Waals surface area contributed by atoms with Gasteiger partial charge in [-0.05, 0) is 26.0 Å². The fraction of sp³-hybridized carbons (Fsp3) is 0.467. The van der Waals surface area contributed by atoms with Crippen LogP contribution in [0.15, 0.2) is 24.4 Å². The van der Waals surface area contributed by atoms with Gasteiger partial charge in [-0.1, -0.05) is 6.07 Å². The smallest absolute Gasteiger partial charge is 0.211 e. The topological polar surface area (TPSA) is 71.3 Å². The van der Waals surface area contributed by atoms with Crippen LogP contribution in [0, 0.1) is 13.8 Å². The molecular weight excluding hydrogens is 314 g/mol. The summed E-state index contributed by atoms with van der Waals surface area (Å²) in [6.07, 6.45) is 3.01. The lowest BCUT2D eigenvalue weighted by atomic mass is 10.2. The summed E-state index contributed by atoms with van der Waals surface area (Å²) in [6.45, 7) is 6.35. The zero-order chi connectivity index (χ0) is 16.6. The van der Waals surface area contributed by atoms with Crippen LogP contribution in [0.2, 0.25) is 0 Å². The molecule has 1 aliphatic rings. The van der Waals surface area contributed by atoms with E-state index in [9.17, 15) is 8.42 Å². The van der Waals surface area contributed by atoms with Crippen molar-refractivity contribution in [2.24, 2.45) is 0 Å². The number of rotatable bonds is 3. The van der Waals surface area contributed by atoms with E-state index in [2.05, 4.69) is 15.0 Å². The molecule has 0 atom stereocenters. The molecule has 23 heavy (non-hydrogen) atoms. The molecule has 0 aromatic carbocycles. The predicted octanol–water partition coefficient (Wildman–Crippen LogP) is 0.966. The van der Waals surface area contributed by atoms with Crippen LogP contribution in [0.5, 0.6) is 0 Å². The summed E-state index contributed by atoms with van der Waals surface area (Å²) >= 11 is 0. The molecule has 1 saturated heterocycles. The van der Waals surface area contributed by atoms with Crippen molar-refractivity contribution in [2.45, 2.75) is 13.8 Å². The van der Waals surface area contributed by atoms with Crippen LogP contribution in [0.3, 0.4) is 0 Å². The van der Waals surface area contributed by atoms with Crippen LogP contribution in [0.4, 0.5) is 5.69 Å². The maximum atomic E-state index is 11.6. The van der Waals surface area contributed by atoms with Gasteiger partial charge >= 0.3 is 0 Å². The first kappa shape index (κ1) is 15.9. The number of anilines is 1. The molecular formula is C15H21N5O2S. The monoisotopic (exact) mass is 335 g/mol. The molecule has 0 unspecified atom stereocenters. The van der Waals surface area contributed by atoms with Gasteiger partial charge in [-0.15, -0.1) is 0 Å². The number of aromatic nitrogens is 3. The highest BCUT2D eigenvalue weighted by molar-refractivity contribution is 7.88. The Bertz CT molecular complexity index is 793. The average Bonchev–Trinajstić information content (AvgIpc) is 2.82. The third-order valence-electron chi connectivity index (χ3n) is 4.14. The lowest BCUT2D eigenvalue weighted by molar-refractivity contribution is 0.387. The molecule has 3 heterocycles. The molecule has 1 aliphatic heterocycles. The highest BCUT2D eigenvalue weighted by Crippen LogP contribution is 2.27. The number of hydrogen-bond donors (Lipinski definition) is 0. The van der Waals surface area contributed by atoms with E-state index in [-0.39, 0.29) is 0 Å². The standard InChI is InChI=1S/C15H21N5O2S/c1-12-15(18-8-10-19(11-9-18)23(3,21)22)13(2)20(17-12)14-6-4-5-7-16-14/h4-7H,8-11H2,1-3H3. The second kappa shape index (κ2) is 5.93. The van der Waals surface area contributed by atoms with E-state index in [4.69, 9.17) is 0 Å². The Balaban J connectivity index is 1.86. The lowest BCUT2D eigenvalue weighted by Gasteiger charge is -2.34. The highest BCUT2D eigenvalue weighted by atomic mass is 32.2. The second-order valence-corrected chi connectivity index (χ2v) is 7.75. The summed E-state index contributed by atoms with van der Waals surface area (Å²) in [5.41, 5.74) is 3.03. The maximum absolute atomic E-state index is 11.6. The molecule has 8 heteroatoms. The molecule has 2 aromatic rings. The Labute approximate surface area is 136 Å². The van der Waals surface area contributed by atoms with Gasteiger partial charge in [0.1, 0.15) is 0 Å². The van der Waals surface area contributed by atoms with Gasteiger partial charge in [-0.3, -0.25) is 0 Å². The molecule has 0 saturated carbocycles. The molecule has 2 aromatic heterocycles. The summed E-state index contributed by atoms with van der Waals surface area (Å²) in [6, 6.07) is 5.73. The average molecular weight is 335 g/mol. The Kier molecular flexibility index (Phi) is 4.11. The number of hydrogen-bond acceptors (Lipinski definition) is 5. The Morgan fingerprint density at radius 2 is 1.78 bits per heavy atom. The molecule has 0 aliphatic carbocycles.